The van der Waals surface area contributed by atoms with Gasteiger partial charge in [-0.3, -0.25) is 0 Å². The van der Waals surface area contributed by atoms with E-state index in [1.165, 1.54) is 12.4 Å². The molecule has 1 rings (SSSR count). The van der Waals surface area contributed by atoms with E-state index >= 15 is 0 Å². The van der Waals surface area contributed by atoms with Crippen LogP contribution in [-0.4, -0.2) is 23.0 Å². The van der Waals surface area contributed by atoms with Crippen LogP contribution in [0.3, 0.4) is 0 Å². The van der Waals surface area contributed by atoms with Crippen molar-refractivity contribution in [3.05, 3.63) is 17.0 Å². The Morgan fingerprint density at radius 2 is 2.17 bits per heavy atom. The van der Waals surface area contributed by atoms with Gasteiger partial charge in [-0.15, -0.1) is 0 Å². The maximum atomic E-state index is 11.6. The molecular weight excluding hydrogens is 234 g/mol. The van der Waals surface area contributed by atoms with E-state index in [9.17, 15) is 8.78 Å². The number of alkyl halides is 2. The Bertz CT molecular complexity index is 242. The number of aromatic nitrogens is 2. The molecule has 0 saturated heterocycles. The maximum absolute atomic E-state index is 11.6. The zero-order chi connectivity index (χ0) is 8.97. The molecule has 0 amide bonds. The van der Waals surface area contributed by atoms with Crippen LogP contribution in [0.1, 0.15) is 0 Å². The fourth-order valence-corrected chi connectivity index (χ4v) is 0.728. The molecule has 1 aromatic heterocycles. The zero-order valence-corrected chi connectivity index (χ0v) is 7.46. The van der Waals surface area contributed by atoms with Crippen LogP contribution in [0.15, 0.2) is 17.0 Å². The van der Waals surface area contributed by atoms with Crippen molar-refractivity contribution in [2.45, 2.75) is 6.43 Å². The maximum Gasteiger partial charge on any atom is 0.272 e. The Labute approximate surface area is 75.9 Å². The smallest absolute Gasteiger partial charge is 0.272 e. The number of rotatable bonds is 3. The molecule has 12 heavy (non-hydrogen) atoms. The second kappa shape index (κ2) is 4.30. The van der Waals surface area contributed by atoms with Gasteiger partial charge in [-0.05, 0) is 15.9 Å². The van der Waals surface area contributed by atoms with Crippen LogP contribution in [-0.2, 0) is 0 Å². The van der Waals surface area contributed by atoms with Gasteiger partial charge in [-0.1, -0.05) is 0 Å². The molecular formula is C6H5BrF2N2O. The average Bonchev–Trinajstić information content (AvgIpc) is 2.03. The third kappa shape index (κ3) is 3.08. The van der Waals surface area contributed by atoms with Crippen LogP contribution < -0.4 is 4.74 Å². The first-order valence-corrected chi connectivity index (χ1v) is 3.86. The largest absolute Gasteiger partial charge is 0.470 e. The molecule has 0 aliphatic heterocycles. The molecule has 0 unspecified atom stereocenters. The fourth-order valence-electron chi connectivity index (χ4n) is 0.523. The first-order valence-electron chi connectivity index (χ1n) is 3.07. The molecule has 3 nitrogen and oxygen atoms in total. The topological polar surface area (TPSA) is 35.0 Å². The summed E-state index contributed by atoms with van der Waals surface area (Å²) in [6.45, 7) is -0.656. The van der Waals surface area contributed by atoms with E-state index in [0.29, 0.717) is 4.60 Å². The van der Waals surface area contributed by atoms with Crippen molar-refractivity contribution in [1.82, 2.24) is 9.97 Å². The molecule has 0 bridgehead atoms. The average molecular weight is 239 g/mol. The van der Waals surface area contributed by atoms with Crippen molar-refractivity contribution in [3.63, 3.8) is 0 Å². The minimum atomic E-state index is -2.49. The molecule has 0 radical (unpaired) electrons. The monoisotopic (exact) mass is 238 g/mol. The van der Waals surface area contributed by atoms with Gasteiger partial charge in [-0.25, -0.2) is 18.7 Å². The number of ether oxygens (including phenoxy) is 1. The number of halogens is 3. The quantitative estimate of drug-likeness (QED) is 0.807. The van der Waals surface area contributed by atoms with Gasteiger partial charge in [0.15, 0.2) is 6.61 Å². The van der Waals surface area contributed by atoms with E-state index in [0.717, 1.165) is 0 Å². The Balaban J connectivity index is 2.48. The summed E-state index contributed by atoms with van der Waals surface area (Å²) in [5.74, 6) is 0.0958. The molecule has 0 atom stereocenters. The summed E-state index contributed by atoms with van der Waals surface area (Å²) in [5.41, 5.74) is 0. The summed E-state index contributed by atoms with van der Waals surface area (Å²) in [6.07, 6.45) is 0.156. The molecule has 1 heterocycles. The van der Waals surface area contributed by atoms with Gasteiger partial charge in [0.1, 0.15) is 4.60 Å². The summed E-state index contributed by atoms with van der Waals surface area (Å²) < 4.78 is 28.3. The highest BCUT2D eigenvalue weighted by Gasteiger charge is 2.03. The molecule has 0 aromatic carbocycles. The normalized spacial score (nSPS) is 10.3. The predicted octanol–water partition coefficient (Wildman–Crippen LogP) is 1.88. The summed E-state index contributed by atoms with van der Waals surface area (Å²) in [5, 5.41) is 0. The van der Waals surface area contributed by atoms with Crippen LogP contribution in [0.2, 0.25) is 0 Å². The number of hydrogen-bond acceptors (Lipinski definition) is 3. The van der Waals surface area contributed by atoms with E-state index in [2.05, 4.69) is 30.6 Å². The molecule has 0 spiro atoms. The van der Waals surface area contributed by atoms with Crippen molar-refractivity contribution in [2.24, 2.45) is 0 Å². The first kappa shape index (κ1) is 9.31. The van der Waals surface area contributed by atoms with E-state index < -0.39 is 13.0 Å². The second-order valence-electron chi connectivity index (χ2n) is 1.88. The van der Waals surface area contributed by atoms with Crippen molar-refractivity contribution in [3.8, 4) is 5.88 Å². The Kier molecular flexibility index (Phi) is 3.33. The molecule has 6 heteroatoms. The lowest BCUT2D eigenvalue weighted by Crippen LogP contribution is -2.07. The standard InChI is InChI=1S/C6H5BrF2N2O/c7-4-1-11-6(2-10-4)12-3-5(8)9/h1-2,5H,3H2. The molecule has 0 aliphatic carbocycles. The Morgan fingerprint density at radius 3 is 2.67 bits per heavy atom. The molecule has 0 aliphatic rings. The van der Waals surface area contributed by atoms with Gasteiger partial charge in [0.05, 0.1) is 12.4 Å². The minimum absolute atomic E-state index is 0.0958. The lowest BCUT2D eigenvalue weighted by Gasteiger charge is -2.02. The molecule has 66 valence electrons. The zero-order valence-electron chi connectivity index (χ0n) is 5.88. The van der Waals surface area contributed by atoms with Crippen molar-refractivity contribution in [1.29, 1.82) is 0 Å². The SMILES string of the molecule is FC(F)COc1cnc(Br)cn1. The van der Waals surface area contributed by atoms with E-state index in [1.807, 2.05) is 0 Å². The molecule has 0 saturated carbocycles. The van der Waals surface area contributed by atoms with Gasteiger partial charge >= 0.3 is 0 Å². The Hall–Kier alpha value is -0.780. The summed E-state index contributed by atoms with van der Waals surface area (Å²) >= 11 is 3.05. The first-order chi connectivity index (χ1) is 5.68. The van der Waals surface area contributed by atoms with Crippen molar-refractivity contribution >= 4 is 15.9 Å². The molecule has 0 fully saturated rings. The third-order valence-corrected chi connectivity index (χ3v) is 1.36. The van der Waals surface area contributed by atoms with Gasteiger partial charge < -0.3 is 4.74 Å². The van der Waals surface area contributed by atoms with Gasteiger partial charge in [0, 0.05) is 0 Å². The van der Waals surface area contributed by atoms with E-state index in [-0.39, 0.29) is 5.88 Å². The lowest BCUT2D eigenvalue weighted by atomic mass is 10.7. The van der Waals surface area contributed by atoms with Gasteiger partial charge in [-0.2, -0.15) is 0 Å². The van der Waals surface area contributed by atoms with Crippen LogP contribution in [0.25, 0.3) is 0 Å². The number of hydrogen-bond donors (Lipinski definition) is 0. The van der Waals surface area contributed by atoms with E-state index in [4.69, 9.17) is 0 Å². The van der Waals surface area contributed by atoms with E-state index in [1.54, 1.807) is 0 Å². The van der Waals surface area contributed by atoms with Gasteiger partial charge in [0.2, 0.25) is 5.88 Å². The second-order valence-corrected chi connectivity index (χ2v) is 2.69. The summed E-state index contributed by atoms with van der Waals surface area (Å²) in [6, 6.07) is 0. The highest BCUT2D eigenvalue weighted by atomic mass is 79.9. The summed E-state index contributed by atoms with van der Waals surface area (Å²) in [4.78, 5) is 7.43. The van der Waals surface area contributed by atoms with Crippen LogP contribution >= 0.6 is 15.9 Å². The minimum Gasteiger partial charge on any atom is -0.470 e. The highest BCUT2D eigenvalue weighted by molar-refractivity contribution is 9.10. The van der Waals surface area contributed by atoms with Crippen molar-refractivity contribution < 1.29 is 13.5 Å². The lowest BCUT2D eigenvalue weighted by molar-refractivity contribution is 0.0793. The van der Waals surface area contributed by atoms with Crippen molar-refractivity contribution in [2.75, 3.05) is 6.61 Å². The van der Waals surface area contributed by atoms with Crippen LogP contribution in [0, 0.1) is 0 Å². The third-order valence-electron chi connectivity index (χ3n) is 0.954. The van der Waals surface area contributed by atoms with Crippen LogP contribution in [0.4, 0.5) is 8.78 Å². The predicted molar refractivity (Wildman–Crippen MR) is 41.2 cm³/mol. The van der Waals surface area contributed by atoms with Gasteiger partial charge in [0.25, 0.3) is 6.43 Å². The fraction of sp³-hybridized carbons (Fsp3) is 0.333. The van der Waals surface area contributed by atoms with Crippen LogP contribution in [0.5, 0.6) is 5.88 Å². The molecule has 0 N–H and O–H groups in total. The summed E-state index contributed by atoms with van der Waals surface area (Å²) in [7, 11) is 0. The Morgan fingerprint density at radius 1 is 1.42 bits per heavy atom. The molecule has 1 aromatic rings. The number of nitrogens with zero attached hydrogens (tertiary/aromatic N) is 2. The highest BCUT2D eigenvalue weighted by Crippen LogP contribution is 2.08.